The van der Waals surface area contributed by atoms with Crippen LogP contribution in [-0.4, -0.2) is 51.9 Å². The number of nitrogens with one attached hydrogen (secondary N) is 1. The van der Waals surface area contributed by atoms with Gasteiger partial charge in [-0.3, -0.25) is 4.79 Å². The third kappa shape index (κ3) is 4.72. The molecular weight excluding hydrogens is 464 g/mol. The SMILES string of the molecule is Cc1cc(C)c(S(=O)(=O)N2CCC(C(=O)Nc3cccc(-c4nnnn4C4CC4)c3)CC2)c(C)c1. The minimum absolute atomic E-state index is 0.0938. The van der Waals surface area contributed by atoms with E-state index in [4.69, 9.17) is 0 Å². The number of aryl methyl sites for hydroxylation is 3. The monoisotopic (exact) mass is 494 g/mol. The van der Waals surface area contributed by atoms with Crippen LogP contribution < -0.4 is 5.32 Å². The quantitative estimate of drug-likeness (QED) is 0.560. The molecule has 1 saturated carbocycles. The number of tetrazole rings is 1. The van der Waals surface area contributed by atoms with E-state index in [2.05, 4.69) is 20.8 Å². The molecule has 2 aliphatic rings. The lowest BCUT2D eigenvalue weighted by Crippen LogP contribution is -2.41. The number of carbonyl (C=O) groups excluding carboxylic acids is 1. The van der Waals surface area contributed by atoms with Gasteiger partial charge in [-0.15, -0.1) is 5.10 Å². The summed E-state index contributed by atoms with van der Waals surface area (Å²) in [6.07, 6.45) is 3.11. The first kappa shape index (κ1) is 23.6. The average Bonchev–Trinajstić information content (AvgIpc) is 3.54. The molecule has 2 heterocycles. The van der Waals surface area contributed by atoms with E-state index < -0.39 is 10.0 Å². The Morgan fingerprint density at radius 3 is 2.34 bits per heavy atom. The van der Waals surface area contributed by atoms with Crippen LogP contribution in [0.5, 0.6) is 0 Å². The summed E-state index contributed by atoms with van der Waals surface area (Å²) in [5.41, 5.74) is 4.09. The molecule has 0 atom stereocenters. The molecule has 1 N–H and O–H groups in total. The third-order valence-corrected chi connectivity index (χ3v) is 9.01. The van der Waals surface area contributed by atoms with E-state index in [1.807, 2.05) is 61.9 Å². The van der Waals surface area contributed by atoms with Gasteiger partial charge in [-0.25, -0.2) is 13.1 Å². The first-order chi connectivity index (χ1) is 16.7. The summed E-state index contributed by atoms with van der Waals surface area (Å²) in [7, 11) is -3.60. The maximum Gasteiger partial charge on any atom is 0.243 e. The lowest BCUT2D eigenvalue weighted by Gasteiger charge is -2.31. The highest BCUT2D eigenvalue weighted by Gasteiger charge is 2.34. The number of sulfonamides is 1. The van der Waals surface area contributed by atoms with Gasteiger partial charge in [-0.2, -0.15) is 4.31 Å². The van der Waals surface area contributed by atoms with Gasteiger partial charge in [0.1, 0.15) is 0 Å². The number of carbonyl (C=O) groups is 1. The van der Waals surface area contributed by atoms with Gasteiger partial charge in [-0.1, -0.05) is 29.8 Å². The molecule has 184 valence electrons. The molecule has 5 rings (SSSR count). The first-order valence-corrected chi connectivity index (χ1v) is 13.4. The van der Waals surface area contributed by atoms with Crippen molar-refractivity contribution >= 4 is 21.6 Å². The van der Waals surface area contributed by atoms with E-state index >= 15 is 0 Å². The fourth-order valence-electron chi connectivity index (χ4n) is 4.99. The zero-order valence-corrected chi connectivity index (χ0v) is 21.0. The van der Waals surface area contributed by atoms with Gasteiger partial charge in [0, 0.05) is 30.3 Å². The summed E-state index contributed by atoms with van der Waals surface area (Å²) >= 11 is 0. The molecule has 0 bridgehead atoms. The number of amides is 1. The second kappa shape index (κ2) is 9.16. The average molecular weight is 495 g/mol. The number of hydrogen-bond acceptors (Lipinski definition) is 6. The van der Waals surface area contributed by atoms with Crippen LogP contribution in [0.2, 0.25) is 0 Å². The Kier molecular flexibility index (Phi) is 6.18. The molecule has 2 fully saturated rings. The smallest absolute Gasteiger partial charge is 0.243 e. The molecule has 0 spiro atoms. The maximum absolute atomic E-state index is 13.3. The summed E-state index contributed by atoms with van der Waals surface area (Å²) in [4.78, 5) is 13.4. The number of nitrogens with zero attached hydrogens (tertiary/aromatic N) is 5. The Balaban J connectivity index is 1.24. The molecule has 3 aromatic rings. The fourth-order valence-corrected chi connectivity index (χ4v) is 6.87. The van der Waals surface area contributed by atoms with E-state index in [1.165, 1.54) is 4.31 Å². The predicted molar refractivity (Wildman–Crippen MR) is 132 cm³/mol. The van der Waals surface area contributed by atoms with Crippen LogP contribution in [-0.2, 0) is 14.8 Å². The zero-order chi connectivity index (χ0) is 24.7. The summed E-state index contributed by atoms with van der Waals surface area (Å²) in [5, 5.41) is 15.1. The Morgan fingerprint density at radius 2 is 1.69 bits per heavy atom. The number of aromatic nitrogens is 4. The molecule has 1 aromatic heterocycles. The highest BCUT2D eigenvalue weighted by Crippen LogP contribution is 2.37. The highest BCUT2D eigenvalue weighted by atomic mass is 32.2. The topological polar surface area (TPSA) is 110 Å². The number of hydrogen-bond donors (Lipinski definition) is 1. The molecular formula is C25H30N6O3S. The van der Waals surface area contributed by atoms with Crippen LogP contribution in [0, 0.1) is 26.7 Å². The summed E-state index contributed by atoms with van der Waals surface area (Å²) in [5.74, 6) is 0.356. The van der Waals surface area contributed by atoms with Crippen molar-refractivity contribution in [3.8, 4) is 11.4 Å². The third-order valence-electron chi connectivity index (χ3n) is 6.80. The van der Waals surface area contributed by atoms with E-state index in [1.54, 1.807) is 0 Å². The van der Waals surface area contributed by atoms with E-state index in [9.17, 15) is 13.2 Å². The number of rotatable bonds is 6. The molecule has 1 aliphatic carbocycles. The molecule has 9 nitrogen and oxygen atoms in total. The predicted octanol–water partition coefficient (Wildman–Crippen LogP) is 3.64. The van der Waals surface area contributed by atoms with E-state index in [0.717, 1.165) is 35.1 Å². The second-order valence-electron chi connectivity index (χ2n) is 9.65. The summed E-state index contributed by atoms with van der Waals surface area (Å²) in [6.45, 7) is 6.28. The Labute approximate surface area is 205 Å². The molecule has 35 heavy (non-hydrogen) atoms. The van der Waals surface area contributed by atoms with Gasteiger partial charge in [0.05, 0.1) is 10.9 Å². The first-order valence-electron chi connectivity index (χ1n) is 12.0. The Hall–Kier alpha value is -3.11. The standard InChI is InChI=1S/C25H30N6O3S/c1-16-13-17(2)23(18(3)14-16)35(33,34)30-11-9-19(10-12-30)25(32)26-21-6-4-5-20(15-21)24-27-28-29-31(24)22-7-8-22/h4-6,13-15,19,22H,7-12H2,1-3H3,(H,26,32). The molecule has 10 heteroatoms. The van der Waals surface area contributed by atoms with Crippen molar-refractivity contribution in [2.75, 3.05) is 18.4 Å². The van der Waals surface area contributed by atoms with Crippen molar-refractivity contribution in [2.24, 2.45) is 5.92 Å². The van der Waals surface area contributed by atoms with Crippen LogP contribution in [0.1, 0.15) is 48.4 Å². The Bertz CT molecular complexity index is 1350. The van der Waals surface area contributed by atoms with Crippen LogP contribution in [0.4, 0.5) is 5.69 Å². The number of benzene rings is 2. The van der Waals surface area contributed by atoms with Gasteiger partial charge >= 0.3 is 0 Å². The fraction of sp³-hybridized carbons (Fsp3) is 0.440. The lowest BCUT2D eigenvalue weighted by atomic mass is 9.97. The van der Waals surface area contributed by atoms with E-state index in [0.29, 0.717) is 48.4 Å². The van der Waals surface area contributed by atoms with Gasteiger partial charge in [0.2, 0.25) is 15.9 Å². The minimum atomic E-state index is -3.60. The van der Waals surface area contributed by atoms with E-state index in [-0.39, 0.29) is 11.8 Å². The molecule has 1 amide bonds. The van der Waals surface area contributed by atoms with Crippen molar-refractivity contribution in [2.45, 2.75) is 57.4 Å². The van der Waals surface area contributed by atoms with Gasteiger partial charge in [0.15, 0.2) is 5.82 Å². The van der Waals surface area contributed by atoms with Crippen molar-refractivity contribution in [1.29, 1.82) is 0 Å². The molecule has 0 radical (unpaired) electrons. The summed E-state index contributed by atoms with van der Waals surface area (Å²) < 4.78 is 30.0. The van der Waals surface area contributed by atoms with Crippen LogP contribution in [0.15, 0.2) is 41.3 Å². The van der Waals surface area contributed by atoms with Gasteiger partial charge in [0.25, 0.3) is 0 Å². The molecule has 1 saturated heterocycles. The van der Waals surface area contributed by atoms with Crippen molar-refractivity contribution < 1.29 is 13.2 Å². The maximum atomic E-state index is 13.3. The number of piperidine rings is 1. The van der Waals surface area contributed by atoms with Crippen LogP contribution in [0.25, 0.3) is 11.4 Å². The zero-order valence-electron chi connectivity index (χ0n) is 20.2. The van der Waals surface area contributed by atoms with Crippen molar-refractivity contribution in [3.05, 3.63) is 53.1 Å². The molecule has 1 aliphatic heterocycles. The molecule has 0 unspecified atom stereocenters. The van der Waals surface area contributed by atoms with Gasteiger partial charge in [-0.05, 0) is 80.1 Å². The minimum Gasteiger partial charge on any atom is -0.326 e. The number of anilines is 1. The lowest BCUT2D eigenvalue weighted by molar-refractivity contribution is -0.120. The largest absolute Gasteiger partial charge is 0.326 e. The van der Waals surface area contributed by atoms with Crippen LogP contribution in [0.3, 0.4) is 0 Å². The summed E-state index contributed by atoms with van der Waals surface area (Å²) in [6, 6.07) is 11.7. The highest BCUT2D eigenvalue weighted by molar-refractivity contribution is 7.89. The Morgan fingerprint density at radius 1 is 1.00 bits per heavy atom. The normalized spacial score (nSPS) is 17.5. The van der Waals surface area contributed by atoms with Crippen molar-refractivity contribution in [1.82, 2.24) is 24.5 Å². The van der Waals surface area contributed by atoms with Crippen molar-refractivity contribution in [3.63, 3.8) is 0 Å². The second-order valence-corrected chi connectivity index (χ2v) is 11.5. The van der Waals surface area contributed by atoms with Gasteiger partial charge < -0.3 is 5.32 Å². The van der Waals surface area contributed by atoms with Crippen LogP contribution >= 0.6 is 0 Å². The molecule has 2 aromatic carbocycles.